The Balaban J connectivity index is 1.54. The zero-order chi connectivity index (χ0) is 21.4. The number of anilines is 1. The van der Waals surface area contributed by atoms with Crippen LogP contribution in [0, 0.1) is 6.92 Å². The molecule has 0 spiro atoms. The molecule has 1 amide bonds. The highest BCUT2D eigenvalue weighted by atomic mass is 16.2. The van der Waals surface area contributed by atoms with E-state index in [9.17, 15) is 9.59 Å². The first kappa shape index (κ1) is 18.5. The summed E-state index contributed by atoms with van der Waals surface area (Å²) in [6.07, 6.45) is 0. The second-order valence-corrected chi connectivity index (χ2v) is 6.92. The van der Waals surface area contributed by atoms with E-state index in [4.69, 9.17) is 0 Å². The molecule has 152 valence electrons. The highest BCUT2D eigenvalue weighted by molar-refractivity contribution is 6.04. The van der Waals surface area contributed by atoms with Gasteiger partial charge in [-0.2, -0.15) is 9.20 Å². The van der Waals surface area contributed by atoms with Crippen molar-refractivity contribution in [2.75, 3.05) is 5.32 Å². The van der Waals surface area contributed by atoms with Crippen molar-refractivity contribution < 1.29 is 4.79 Å². The number of carbonyl (C=O) groups is 1. The molecule has 3 heterocycles. The molecule has 3 aromatic heterocycles. The lowest BCUT2D eigenvalue weighted by Crippen LogP contribution is -2.22. The van der Waals surface area contributed by atoms with Crippen LogP contribution in [-0.4, -0.2) is 35.5 Å². The summed E-state index contributed by atoms with van der Waals surface area (Å²) in [4.78, 5) is 25.5. The molecule has 0 atom stereocenters. The van der Waals surface area contributed by atoms with Crippen LogP contribution in [0.25, 0.3) is 22.9 Å². The maximum Gasteiger partial charge on any atom is 0.296 e. The Morgan fingerprint density at radius 2 is 1.65 bits per heavy atom. The monoisotopic (exact) mass is 411 g/mol. The fourth-order valence-electron chi connectivity index (χ4n) is 3.30. The molecule has 0 unspecified atom stereocenters. The highest BCUT2D eigenvalue weighted by Gasteiger charge is 2.18. The summed E-state index contributed by atoms with van der Waals surface area (Å²) in [6.45, 7) is 1.71. The number of aromatic nitrogens is 6. The second-order valence-electron chi connectivity index (χ2n) is 6.92. The Hall–Kier alpha value is -4.53. The van der Waals surface area contributed by atoms with Gasteiger partial charge in [0.1, 0.15) is 5.69 Å². The molecule has 31 heavy (non-hydrogen) atoms. The fraction of sp³-hybridized carbons (Fsp3) is 0.0455. The van der Waals surface area contributed by atoms with Gasteiger partial charge in [-0.3, -0.25) is 14.7 Å². The number of amides is 1. The van der Waals surface area contributed by atoms with E-state index in [1.807, 2.05) is 36.4 Å². The predicted octanol–water partition coefficient (Wildman–Crippen LogP) is 2.83. The largest absolute Gasteiger partial charge is 0.316 e. The van der Waals surface area contributed by atoms with Crippen LogP contribution in [0.1, 0.15) is 16.1 Å². The summed E-state index contributed by atoms with van der Waals surface area (Å²) in [5, 5.41) is 18.6. The van der Waals surface area contributed by atoms with Crippen LogP contribution in [0.3, 0.4) is 0 Å². The molecule has 2 N–H and O–H groups in total. The molecule has 0 aliphatic carbocycles. The summed E-state index contributed by atoms with van der Waals surface area (Å²) in [5.74, 6) is 0.546. The highest BCUT2D eigenvalue weighted by Crippen LogP contribution is 2.18. The van der Waals surface area contributed by atoms with Crippen LogP contribution in [-0.2, 0) is 0 Å². The van der Waals surface area contributed by atoms with Gasteiger partial charge < -0.3 is 5.32 Å². The molecular formula is C22H17N7O2. The van der Waals surface area contributed by atoms with E-state index < -0.39 is 5.56 Å². The molecule has 0 bridgehead atoms. The number of hydrogen-bond acceptors (Lipinski definition) is 5. The molecule has 9 nitrogen and oxygen atoms in total. The number of rotatable bonds is 4. The van der Waals surface area contributed by atoms with Crippen LogP contribution in [0.5, 0.6) is 0 Å². The first-order valence-electron chi connectivity index (χ1n) is 9.58. The molecular weight excluding hydrogens is 394 g/mol. The fourth-order valence-corrected chi connectivity index (χ4v) is 3.30. The molecule has 0 saturated heterocycles. The Morgan fingerprint density at radius 1 is 0.935 bits per heavy atom. The topological polar surface area (TPSA) is 110 Å². The van der Waals surface area contributed by atoms with Gasteiger partial charge in [0.15, 0.2) is 17.3 Å². The number of H-pyrrole nitrogens is 1. The van der Waals surface area contributed by atoms with Crippen LogP contribution in [0.4, 0.5) is 5.69 Å². The summed E-state index contributed by atoms with van der Waals surface area (Å²) < 4.78 is 2.86. The van der Waals surface area contributed by atoms with Crippen LogP contribution in [0.15, 0.2) is 77.6 Å². The first-order chi connectivity index (χ1) is 15.1. The minimum atomic E-state index is -0.414. The Kier molecular flexibility index (Phi) is 4.40. The zero-order valence-electron chi connectivity index (χ0n) is 16.5. The average Bonchev–Trinajstić information content (AvgIpc) is 3.36. The SMILES string of the molecule is Cc1[nH]n(-c2ccc3nnc(-c4ccccc4)n3n2)c(=O)c1NC(=O)c1ccccc1. The quantitative estimate of drug-likeness (QED) is 0.473. The molecule has 0 aliphatic rings. The van der Waals surface area contributed by atoms with E-state index in [1.54, 1.807) is 47.8 Å². The van der Waals surface area contributed by atoms with E-state index in [-0.39, 0.29) is 11.6 Å². The van der Waals surface area contributed by atoms with E-state index >= 15 is 0 Å². The molecule has 0 aliphatic heterocycles. The number of carbonyl (C=O) groups excluding carboxylic acids is 1. The van der Waals surface area contributed by atoms with Crippen molar-refractivity contribution in [2.45, 2.75) is 6.92 Å². The van der Waals surface area contributed by atoms with Gasteiger partial charge in [-0.05, 0) is 31.2 Å². The minimum Gasteiger partial charge on any atom is -0.316 e. The van der Waals surface area contributed by atoms with Gasteiger partial charge in [0.25, 0.3) is 11.5 Å². The van der Waals surface area contributed by atoms with Crippen molar-refractivity contribution in [2.24, 2.45) is 0 Å². The van der Waals surface area contributed by atoms with Gasteiger partial charge in [-0.1, -0.05) is 48.5 Å². The number of aryl methyl sites for hydroxylation is 1. The third-order valence-corrected chi connectivity index (χ3v) is 4.86. The smallest absolute Gasteiger partial charge is 0.296 e. The van der Waals surface area contributed by atoms with Crippen molar-refractivity contribution in [3.05, 3.63) is 94.4 Å². The van der Waals surface area contributed by atoms with Crippen molar-refractivity contribution in [1.29, 1.82) is 0 Å². The van der Waals surface area contributed by atoms with Gasteiger partial charge >= 0.3 is 0 Å². The van der Waals surface area contributed by atoms with Gasteiger partial charge in [-0.15, -0.1) is 15.3 Å². The lowest BCUT2D eigenvalue weighted by molar-refractivity contribution is 0.102. The molecule has 0 saturated carbocycles. The number of benzene rings is 2. The van der Waals surface area contributed by atoms with Gasteiger partial charge in [0.2, 0.25) is 0 Å². The molecule has 0 radical (unpaired) electrons. The van der Waals surface area contributed by atoms with Gasteiger partial charge in [-0.25, -0.2) is 0 Å². The lowest BCUT2D eigenvalue weighted by Gasteiger charge is -2.03. The first-order valence-corrected chi connectivity index (χ1v) is 9.58. The molecule has 5 rings (SSSR count). The molecule has 5 aromatic rings. The second kappa shape index (κ2) is 7.38. The molecule has 2 aromatic carbocycles. The Labute approximate surface area is 176 Å². The van der Waals surface area contributed by atoms with E-state index in [0.29, 0.717) is 28.5 Å². The summed E-state index contributed by atoms with van der Waals surface area (Å²) in [5.41, 5.74) is 2.14. The summed E-state index contributed by atoms with van der Waals surface area (Å²) >= 11 is 0. The minimum absolute atomic E-state index is 0.169. The molecule has 9 heteroatoms. The molecule has 0 fully saturated rings. The predicted molar refractivity (Wildman–Crippen MR) is 115 cm³/mol. The zero-order valence-corrected chi connectivity index (χ0v) is 16.5. The maximum atomic E-state index is 13.0. The van der Waals surface area contributed by atoms with Crippen molar-refractivity contribution in [3.63, 3.8) is 0 Å². The van der Waals surface area contributed by atoms with Crippen molar-refractivity contribution in [1.82, 2.24) is 29.6 Å². The van der Waals surface area contributed by atoms with Gasteiger partial charge in [0, 0.05) is 11.1 Å². The van der Waals surface area contributed by atoms with Gasteiger partial charge in [0.05, 0.1) is 5.69 Å². The maximum absolute atomic E-state index is 13.0. The van der Waals surface area contributed by atoms with E-state index in [1.165, 1.54) is 4.68 Å². The Bertz CT molecular complexity index is 1450. The number of nitrogens with zero attached hydrogens (tertiary/aromatic N) is 5. The van der Waals surface area contributed by atoms with Crippen molar-refractivity contribution >= 4 is 17.2 Å². The third kappa shape index (κ3) is 3.27. The summed E-state index contributed by atoms with van der Waals surface area (Å²) in [7, 11) is 0. The summed E-state index contributed by atoms with van der Waals surface area (Å²) in [6, 6.07) is 21.7. The van der Waals surface area contributed by atoms with Crippen LogP contribution < -0.4 is 10.9 Å². The standard InChI is InChI=1S/C22H17N7O2/c1-14-19(23-21(30)16-10-6-3-7-11-16)22(31)29(26-14)18-13-12-17-24-25-20(28(17)27-18)15-8-4-2-5-9-15/h2-13,26H,1H3,(H,23,30). The van der Waals surface area contributed by atoms with E-state index in [2.05, 4.69) is 25.7 Å². The van der Waals surface area contributed by atoms with Crippen LogP contribution >= 0.6 is 0 Å². The lowest BCUT2D eigenvalue weighted by atomic mass is 10.2. The Morgan fingerprint density at radius 3 is 2.39 bits per heavy atom. The number of aromatic amines is 1. The van der Waals surface area contributed by atoms with Crippen molar-refractivity contribution in [3.8, 4) is 17.2 Å². The normalized spacial score (nSPS) is 11.0. The number of hydrogen-bond donors (Lipinski definition) is 2. The number of nitrogens with one attached hydrogen (secondary N) is 2. The third-order valence-electron chi connectivity index (χ3n) is 4.86. The average molecular weight is 411 g/mol. The number of fused-ring (bicyclic) bond motifs is 1. The van der Waals surface area contributed by atoms with E-state index in [0.717, 1.165) is 5.56 Å². The van der Waals surface area contributed by atoms with Crippen LogP contribution in [0.2, 0.25) is 0 Å².